The van der Waals surface area contributed by atoms with E-state index in [-0.39, 0.29) is 5.91 Å². The van der Waals surface area contributed by atoms with Gasteiger partial charge in [0.05, 0.1) is 5.56 Å². The molecule has 0 spiro atoms. The van der Waals surface area contributed by atoms with Crippen LogP contribution in [0.25, 0.3) is 0 Å². The molecule has 0 radical (unpaired) electrons. The van der Waals surface area contributed by atoms with E-state index in [0.717, 1.165) is 38.4 Å². The van der Waals surface area contributed by atoms with Gasteiger partial charge in [0.1, 0.15) is 5.82 Å². The maximum atomic E-state index is 12.1. The monoisotopic (exact) mass is 286 g/mol. The predicted molar refractivity (Wildman–Crippen MR) is 83.6 cm³/mol. The summed E-state index contributed by atoms with van der Waals surface area (Å²) in [7, 11) is 0. The first-order chi connectivity index (χ1) is 10.3. The maximum absolute atomic E-state index is 12.1. The number of rotatable bonds is 4. The third-order valence-electron chi connectivity index (χ3n) is 4.07. The number of nitrogens with one attached hydrogen (secondary N) is 2. The standard InChI is InChI=1S/C16H22N4O/c21-16(19-11-13-5-7-17-8-6-13)14-3-4-15(18-12-14)20-9-1-2-10-20/h3-5,12,17H,1-2,6-11H2,(H,19,21). The SMILES string of the molecule is O=C(NCC1=CCNCC1)c1ccc(N2CCCC2)nc1. The van der Waals surface area contributed by atoms with Crippen molar-refractivity contribution in [2.24, 2.45) is 0 Å². The Kier molecular flexibility index (Phi) is 4.50. The van der Waals surface area contributed by atoms with Gasteiger partial charge in [0.2, 0.25) is 0 Å². The summed E-state index contributed by atoms with van der Waals surface area (Å²) in [4.78, 5) is 18.8. The van der Waals surface area contributed by atoms with Gasteiger partial charge < -0.3 is 15.5 Å². The van der Waals surface area contributed by atoms with Crippen molar-refractivity contribution in [3.63, 3.8) is 0 Å². The van der Waals surface area contributed by atoms with Gasteiger partial charge in [-0.1, -0.05) is 11.6 Å². The van der Waals surface area contributed by atoms with Gasteiger partial charge >= 0.3 is 0 Å². The Morgan fingerprint density at radius 1 is 1.33 bits per heavy atom. The van der Waals surface area contributed by atoms with E-state index in [1.807, 2.05) is 12.1 Å². The molecule has 1 aromatic rings. The van der Waals surface area contributed by atoms with Crippen LogP contribution in [-0.4, -0.2) is 43.6 Å². The minimum Gasteiger partial charge on any atom is -0.357 e. The first-order valence-electron chi connectivity index (χ1n) is 7.71. The van der Waals surface area contributed by atoms with Crippen LogP contribution < -0.4 is 15.5 Å². The molecule has 0 aliphatic carbocycles. The summed E-state index contributed by atoms with van der Waals surface area (Å²) in [5.74, 6) is 0.931. The van der Waals surface area contributed by atoms with Crippen LogP contribution in [0.1, 0.15) is 29.6 Å². The van der Waals surface area contributed by atoms with E-state index in [2.05, 4.69) is 26.6 Å². The second-order valence-electron chi connectivity index (χ2n) is 5.60. The Morgan fingerprint density at radius 2 is 2.19 bits per heavy atom. The van der Waals surface area contributed by atoms with Gasteiger partial charge in [0.25, 0.3) is 5.91 Å². The van der Waals surface area contributed by atoms with Gasteiger partial charge in [-0.25, -0.2) is 4.98 Å². The van der Waals surface area contributed by atoms with Crippen molar-refractivity contribution in [1.29, 1.82) is 0 Å². The van der Waals surface area contributed by atoms with Gasteiger partial charge in [-0.3, -0.25) is 4.79 Å². The number of pyridine rings is 1. The Hall–Kier alpha value is -1.88. The minimum atomic E-state index is -0.0464. The number of hydrogen-bond donors (Lipinski definition) is 2. The largest absolute Gasteiger partial charge is 0.357 e. The smallest absolute Gasteiger partial charge is 0.253 e. The molecule has 1 fully saturated rings. The molecule has 0 saturated carbocycles. The molecule has 1 aromatic heterocycles. The number of carbonyl (C=O) groups is 1. The molecule has 3 rings (SSSR count). The lowest BCUT2D eigenvalue weighted by Crippen LogP contribution is -2.29. The number of amides is 1. The molecule has 2 aliphatic rings. The van der Waals surface area contributed by atoms with Crippen LogP contribution in [0.2, 0.25) is 0 Å². The summed E-state index contributed by atoms with van der Waals surface area (Å²) in [5, 5.41) is 6.23. The highest BCUT2D eigenvalue weighted by Gasteiger charge is 2.14. The molecular weight excluding hydrogens is 264 g/mol. The highest BCUT2D eigenvalue weighted by atomic mass is 16.1. The van der Waals surface area contributed by atoms with Crippen molar-refractivity contribution in [2.75, 3.05) is 37.6 Å². The third kappa shape index (κ3) is 3.61. The fraction of sp³-hybridized carbons (Fsp3) is 0.500. The average Bonchev–Trinajstić information content (AvgIpc) is 3.08. The molecule has 0 unspecified atom stereocenters. The zero-order valence-corrected chi connectivity index (χ0v) is 12.3. The Bertz CT molecular complexity index is 518. The number of hydrogen-bond acceptors (Lipinski definition) is 4. The van der Waals surface area contributed by atoms with Crippen molar-refractivity contribution in [1.82, 2.24) is 15.6 Å². The summed E-state index contributed by atoms with van der Waals surface area (Å²) >= 11 is 0. The number of carbonyl (C=O) groups excluding carboxylic acids is 1. The van der Waals surface area contributed by atoms with Gasteiger partial charge in [-0.15, -0.1) is 0 Å². The molecule has 1 amide bonds. The molecule has 0 atom stereocenters. The maximum Gasteiger partial charge on any atom is 0.253 e. The summed E-state index contributed by atoms with van der Waals surface area (Å²) in [6.07, 6.45) is 7.30. The number of anilines is 1. The topological polar surface area (TPSA) is 57.3 Å². The van der Waals surface area contributed by atoms with Crippen LogP contribution in [0.3, 0.4) is 0 Å². The molecule has 112 valence electrons. The minimum absolute atomic E-state index is 0.0464. The van der Waals surface area contributed by atoms with Gasteiger partial charge in [0, 0.05) is 32.4 Å². The quantitative estimate of drug-likeness (QED) is 0.820. The summed E-state index contributed by atoms with van der Waals surface area (Å²) < 4.78 is 0. The van der Waals surface area contributed by atoms with E-state index >= 15 is 0 Å². The lowest BCUT2D eigenvalue weighted by molar-refractivity contribution is 0.0956. The van der Waals surface area contributed by atoms with Crippen LogP contribution in [0.4, 0.5) is 5.82 Å². The molecule has 1 saturated heterocycles. The lowest BCUT2D eigenvalue weighted by Gasteiger charge is -2.16. The molecule has 5 heteroatoms. The zero-order chi connectivity index (χ0) is 14.5. The fourth-order valence-electron chi connectivity index (χ4n) is 2.78. The molecule has 5 nitrogen and oxygen atoms in total. The number of nitrogens with zero attached hydrogens (tertiary/aromatic N) is 2. The Morgan fingerprint density at radius 3 is 2.86 bits per heavy atom. The summed E-state index contributed by atoms with van der Waals surface area (Å²) in [6.45, 7) is 4.67. The fourth-order valence-corrected chi connectivity index (χ4v) is 2.78. The zero-order valence-electron chi connectivity index (χ0n) is 12.3. The second kappa shape index (κ2) is 6.72. The molecular formula is C16H22N4O. The van der Waals surface area contributed by atoms with Crippen LogP contribution in [0.15, 0.2) is 30.0 Å². The van der Waals surface area contributed by atoms with E-state index in [9.17, 15) is 4.79 Å². The Balaban J connectivity index is 1.55. The highest BCUT2D eigenvalue weighted by molar-refractivity contribution is 5.94. The van der Waals surface area contributed by atoms with E-state index < -0.39 is 0 Å². The molecule has 2 N–H and O–H groups in total. The van der Waals surface area contributed by atoms with E-state index in [0.29, 0.717) is 12.1 Å². The molecule has 0 bridgehead atoms. The highest BCUT2D eigenvalue weighted by Crippen LogP contribution is 2.17. The van der Waals surface area contributed by atoms with Crippen molar-refractivity contribution < 1.29 is 4.79 Å². The van der Waals surface area contributed by atoms with Crippen molar-refractivity contribution >= 4 is 11.7 Å². The van der Waals surface area contributed by atoms with Gasteiger partial charge in [0.15, 0.2) is 0 Å². The van der Waals surface area contributed by atoms with Gasteiger partial charge in [-0.05, 0) is 37.9 Å². The van der Waals surface area contributed by atoms with E-state index in [4.69, 9.17) is 0 Å². The van der Waals surface area contributed by atoms with Gasteiger partial charge in [-0.2, -0.15) is 0 Å². The average molecular weight is 286 g/mol. The van der Waals surface area contributed by atoms with Crippen molar-refractivity contribution in [3.8, 4) is 0 Å². The third-order valence-corrected chi connectivity index (χ3v) is 4.07. The molecule has 0 aromatic carbocycles. The summed E-state index contributed by atoms with van der Waals surface area (Å²) in [5.41, 5.74) is 1.93. The first kappa shape index (κ1) is 14.1. The van der Waals surface area contributed by atoms with Crippen molar-refractivity contribution in [2.45, 2.75) is 19.3 Å². The number of aromatic nitrogens is 1. The van der Waals surface area contributed by atoms with E-state index in [1.54, 1.807) is 6.20 Å². The summed E-state index contributed by atoms with van der Waals surface area (Å²) in [6, 6.07) is 3.82. The van der Waals surface area contributed by atoms with Crippen LogP contribution in [0, 0.1) is 0 Å². The molecule has 2 aliphatic heterocycles. The van der Waals surface area contributed by atoms with Crippen LogP contribution >= 0.6 is 0 Å². The lowest BCUT2D eigenvalue weighted by atomic mass is 10.1. The van der Waals surface area contributed by atoms with E-state index in [1.165, 1.54) is 18.4 Å². The van der Waals surface area contributed by atoms with Crippen molar-refractivity contribution in [3.05, 3.63) is 35.5 Å². The predicted octanol–water partition coefficient (Wildman–Crippen LogP) is 1.33. The normalized spacial score (nSPS) is 18.5. The van der Waals surface area contributed by atoms with Crippen LogP contribution in [0.5, 0.6) is 0 Å². The molecule has 3 heterocycles. The first-order valence-corrected chi connectivity index (χ1v) is 7.71. The Labute approximate surface area is 125 Å². The second-order valence-corrected chi connectivity index (χ2v) is 5.60. The van der Waals surface area contributed by atoms with Crippen LogP contribution in [-0.2, 0) is 0 Å². The molecule has 21 heavy (non-hydrogen) atoms.